The van der Waals surface area contributed by atoms with Crippen molar-refractivity contribution in [1.82, 2.24) is 19.4 Å². The molecule has 1 saturated heterocycles. The van der Waals surface area contributed by atoms with Gasteiger partial charge in [-0.05, 0) is 37.5 Å². The number of aliphatic hydroxyl groups is 1. The van der Waals surface area contributed by atoms with Crippen LogP contribution in [0.4, 0.5) is 13.2 Å². The van der Waals surface area contributed by atoms with Crippen LogP contribution in [0.5, 0.6) is 5.75 Å². The molecular formula is C28H30ClF3N4O6. The number of nitrogens with zero attached hydrogens (tertiary/aromatic N) is 3. The maximum atomic E-state index is 13.8. The zero-order chi connectivity index (χ0) is 30.8. The van der Waals surface area contributed by atoms with Gasteiger partial charge in [-0.2, -0.15) is 13.2 Å². The van der Waals surface area contributed by atoms with E-state index in [1.165, 1.54) is 33.2 Å². The molecule has 1 aromatic carbocycles. The Hall–Kier alpha value is -3.84. The van der Waals surface area contributed by atoms with Crippen LogP contribution in [0.15, 0.2) is 35.1 Å². The molecule has 3 aromatic rings. The number of piperidine rings is 1. The minimum absolute atomic E-state index is 0.175. The Labute approximate surface area is 243 Å². The summed E-state index contributed by atoms with van der Waals surface area (Å²) < 4.78 is 47.4. The van der Waals surface area contributed by atoms with Gasteiger partial charge in [0.05, 0.1) is 12.1 Å². The number of rotatable bonds is 9. The average Bonchev–Trinajstić information content (AvgIpc) is 3.24. The van der Waals surface area contributed by atoms with E-state index in [4.69, 9.17) is 21.4 Å². The van der Waals surface area contributed by atoms with Gasteiger partial charge in [0.25, 0.3) is 11.5 Å². The number of carbonyl (C=O) groups excluding carboxylic acids is 3. The third-order valence-corrected chi connectivity index (χ3v) is 7.46. The zero-order valence-corrected chi connectivity index (χ0v) is 23.7. The van der Waals surface area contributed by atoms with Gasteiger partial charge in [0, 0.05) is 42.5 Å². The molecule has 1 aliphatic heterocycles. The number of ether oxygens (including phenoxy) is 1. The molecule has 2 amide bonds. The molecule has 4 rings (SSSR count). The van der Waals surface area contributed by atoms with Crippen molar-refractivity contribution in [1.29, 1.82) is 0 Å². The first kappa shape index (κ1) is 31.1. The van der Waals surface area contributed by atoms with Crippen LogP contribution < -0.4 is 15.6 Å². The number of hydrogen-bond donors (Lipinski definition) is 2. The lowest BCUT2D eigenvalue weighted by atomic mass is 10.0. The zero-order valence-electron chi connectivity index (χ0n) is 23.0. The summed E-state index contributed by atoms with van der Waals surface area (Å²) in [5.41, 5.74) is -0.193. The normalized spacial score (nSPS) is 14.3. The lowest BCUT2D eigenvalue weighted by Gasteiger charge is -2.32. The highest BCUT2D eigenvalue weighted by Crippen LogP contribution is 2.33. The Balaban J connectivity index is 1.75. The number of likely N-dealkylation sites (tertiary alicyclic amines) is 1. The predicted octanol–water partition coefficient (Wildman–Crippen LogP) is 3.09. The van der Waals surface area contributed by atoms with E-state index in [2.05, 4.69) is 5.32 Å². The summed E-state index contributed by atoms with van der Waals surface area (Å²) >= 11 is 6.00. The Morgan fingerprint density at radius 1 is 1.17 bits per heavy atom. The molecule has 2 aromatic heterocycles. The Kier molecular flexibility index (Phi) is 9.31. The number of Topliss-reactive ketones (excluding diaryl/α,β-unsaturated/α-hetero) is 1. The molecule has 0 unspecified atom stereocenters. The van der Waals surface area contributed by atoms with Gasteiger partial charge in [0.15, 0.2) is 23.8 Å². The molecule has 1 fully saturated rings. The molecule has 3 heterocycles. The van der Waals surface area contributed by atoms with Crippen LogP contribution in [0.25, 0.3) is 10.9 Å². The Morgan fingerprint density at radius 3 is 2.45 bits per heavy atom. The predicted molar refractivity (Wildman–Crippen MR) is 148 cm³/mol. The highest BCUT2D eigenvalue weighted by molar-refractivity contribution is 6.31. The molecule has 226 valence electrons. The molecule has 0 aliphatic carbocycles. The number of aliphatic hydroxyl groups excluding tert-OH is 1. The molecule has 1 aliphatic rings. The van der Waals surface area contributed by atoms with Gasteiger partial charge in [-0.1, -0.05) is 30.7 Å². The van der Waals surface area contributed by atoms with E-state index < -0.39 is 60.9 Å². The van der Waals surface area contributed by atoms with Gasteiger partial charge in [-0.15, -0.1) is 0 Å². The van der Waals surface area contributed by atoms with Crippen molar-refractivity contribution < 1.29 is 37.4 Å². The number of halogens is 4. The Bertz CT molecular complexity index is 1570. The molecule has 0 atom stereocenters. The van der Waals surface area contributed by atoms with E-state index in [-0.39, 0.29) is 35.2 Å². The maximum absolute atomic E-state index is 13.8. The quantitative estimate of drug-likeness (QED) is 0.359. The number of benzene rings is 1. The first-order valence-corrected chi connectivity index (χ1v) is 13.6. The summed E-state index contributed by atoms with van der Waals surface area (Å²) in [6, 6.07) is 7.31. The molecular weight excluding hydrogens is 581 g/mol. The lowest BCUT2D eigenvalue weighted by Crippen LogP contribution is -2.47. The van der Waals surface area contributed by atoms with E-state index in [0.717, 1.165) is 0 Å². The molecule has 0 bridgehead atoms. The van der Waals surface area contributed by atoms with Crippen molar-refractivity contribution >= 4 is 40.1 Å². The number of aryl methyl sites for hydroxylation is 2. The van der Waals surface area contributed by atoms with Crippen LogP contribution in [0.1, 0.15) is 46.3 Å². The number of pyridine rings is 1. The van der Waals surface area contributed by atoms with Crippen molar-refractivity contribution in [3.63, 3.8) is 0 Å². The number of ketones is 1. The second-order valence-corrected chi connectivity index (χ2v) is 10.4. The maximum Gasteiger partial charge on any atom is 0.422 e. The smallest absolute Gasteiger partial charge is 0.422 e. The fraction of sp³-hybridized carbons (Fsp3) is 0.429. The van der Waals surface area contributed by atoms with Crippen LogP contribution in [0, 0.1) is 0 Å². The first-order chi connectivity index (χ1) is 19.8. The summed E-state index contributed by atoms with van der Waals surface area (Å²) in [6.07, 6.45) is -3.73. The molecule has 10 nitrogen and oxygen atoms in total. The fourth-order valence-electron chi connectivity index (χ4n) is 5.09. The third-order valence-electron chi connectivity index (χ3n) is 7.23. The van der Waals surface area contributed by atoms with Crippen molar-refractivity contribution in [2.45, 2.75) is 44.9 Å². The Morgan fingerprint density at radius 2 is 1.86 bits per heavy atom. The average molecular weight is 611 g/mol. The van der Waals surface area contributed by atoms with Crippen molar-refractivity contribution in [3.8, 4) is 5.75 Å². The number of nitrogens with one attached hydrogen (secondary N) is 1. The molecule has 0 spiro atoms. The van der Waals surface area contributed by atoms with Gasteiger partial charge in [-0.25, -0.2) is 0 Å². The molecule has 14 heteroatoms. The van der Waals surface area contributed by atoms with Crippen LogP contribution in [0.2, 0.25) is 5.02 Å². The molecule has 0 saturated carbocycles. The van der Waals surface area contributed by atoms with Crippen LogP contribution in [-0.4, -0.2) is 75.3 Å². The number of alkyl halides is 3. The highest BCUT2D eigenvalue weighted by atomic mass is 35.5. The number of carbonyl (C=O) groups is 3. The SMILES string of the molecule is CCc1cc2c(c(OCC(F)(F)F)c(C(=O)NC3CCN(C(=O)CO)CC3)n2C)c(=O)n1CC(=O)c1cccc(Cl)c1. The fourth-order valence-corrected chi connectivity index (χ4v) is 5.28. The van der Waals surface area contributed by atoms with E-state index in [9.17, 15) is 32.3 Å². The van der Waals surface area contributed by atoms with Crippen LogP contribution in [0.3, 0.4) is 0 Å². The van der Waals surface area contributed by atoms with Gasteiger partial charge in [0.1, 0.15) is 12.0 Å². The number of amides is 2. The van der Waals surface area contributed by atoms with Crippen molar-refractivity contribution in [2.75, 3.05) is 26.3 Å². The van der Waals surface area contributed by atoms with Crippen LogP contribution in [-0.2, 0) is 24.8 Å². The largest absolute Gasteiger partial charge is 0.481 e. The first-order valence-electron chi connectivity index (χ1n) is 13.3. The second kappa shape index (κ2) is 12.6. The van der Waals surface area contributed by atoms with Gasteiger partial charge in [-0.3, -0.25) is 19.2 Å². The van der Waals surface area contributed by atoms with Gasteiger partial charge < -0.3 is 29.2 Å². The summed E-state index contributed by atoms with van der Waals surface area (Å²) in [4.78, 5) is 53.5. The summed E-state index contributed by atoms with van der Waals surface area (Å²) in [5, 5.41) is 11.9. The van der Waals surface area contributed by atoms with E-state index >= 15 is 0 Å². The standard InChI is InChI=1S/C28H30ClF3N4O6/c1-3-19-12-20-23(27(41)36(19)13-21(38)16-5-4-6-17(29)11-16)25(42-15-28(30,31)32)24(34(20)2)26(40)33-18-7-9-35(10-8-18)22(39)14-37/h4-6,11-12,18,37H,3,7-10,13-15H2,1-2H3,(H,33,40). The van der Waals surface area contributed by atoms with E-state index in [1.54, 1.807) is 25.1 Å². The third kappa shape index (κ3) is 6.62. The van der Waals surface area contributed by atoms with Crippen molar-refractivity contribution in [3.05, 3.63) is 62.7 Å². The molecule has 2 N–H and O–H groups in total. The second-order valence-electron chi connectivity index (χ2n) is 10.0. The molecule has 42 heavy (non-hydrogen) atoms. The minimum Gasteiger partial charge on any atom is -0.481 e. The minimum atomic E-state index is -4.76. The van der Waals surface area contributed by atoms with Gasteiger partial charge in [0.2, 0.25) is 5.91 Å². The summed E-state index contributed by atoms with van der Waals surface area (Å²) in [6.45, 7) is -0.464. The number of aromatic nitrogens is 2. The lowest BCUT2D eigenvalue weighted by molar-refractivity contribution is -0.153. The highest BCUT2D eigenvalue weighted by Gasteiger charge is 2.34. The van der Waals surface area contributed by atoms with Crippen LogP contribution >= 0.6 is 11.6 Å². The van der Waals surface area contributed by atoms with Crippen molar-refractivity contribution in [2.24, 2.45) is 7.05 Å². The number of hydrogen-bond acceptors (Lipinski definition) is 6. The van der Waals surface area contributed by atoms with Gasteiger partial charge >= 0.3 is 6.18 Å². The summed E-state index contributed by atoms with van der Waals surface area (Å²) in [5.74, 6) is -2.16. The van der Waals surface area contributed by atoms with E-state index in [1.807, 2.05) is 0 Å². The molecule has 0 radical (unpaired) electrons. The number of fused-ring (bicyclic) bond motifs is 1. The summed E-state index contributed by atoms with van der Waals surface area (Å²) in [7, 11) is 1.44. The van der Waals surface area contributed by atoms with E-state index in [0.29, 0.717) is 30.0 Å². The topological polar surface area (TPSA) is 123 Å². The monoisotopic (exact) mass is 610 g/mol.